The second-order valence-electron chi connectivity index (χ2n) is 6.46. The molecule has 1 amide bonds. The summed E-state index contributed by atoms with van der Waals surface area (Å²) in [7, 11) is 0. The lowest BCUT2D eigenvalue weighted by Gasteiger charge is -2.23. The van der Waals surface area contributed by atoms with Gasteiger partial charge in [0.25, 0.3) is 5.91 Å². The van der Waals surface area contributed by atoms with E-state index in [4.69, 9.17) is 4.74 Å². The van der Waals surface area contributed by atoms with Crippen molar-refractivity contribution in [1.29, 1.82) is 0 Å². The summed E-state index contributed by atoms with van der Waals surface area (Å²) in [6.45, 7) is 6.68. The highest BCUT2D eigenvalue weighted by atomic mass is 19.1. The van der Waals surface area contributed by atoms with E-state index in [0.717, 1.165) is 19.4 Å². The van der Waals surface area contributed by atoms with Gasteiger partial charge >= 0.3 is 0 Å². The van der Waals surface area contributed by atoms with E-state index in [1.807, 2.05) is 18.7 Å². The normalized spacial score (nSPS) is 16.3. The van der Waals surface area contributed by atoms with Gasteiger partial charge in [0.05, 0.1) is 6.10 Å². The first-order valence-corrected chi connectivity index (χ1v) is 9.40. The van der Waals surface area contributed by atoms with Crippen molar-refractivity contribution in [3.8, 4) is 11.4 Å². The third kappa shape index (κ3) is 4.60. The molecule has 1 aliphatic rings. The third-order valence-corrected chi connectivity index (χ3v) is 4.69. The molecule has 1 atom stereocenters. The molecule has 0 unspecified atom stereocenters. The molecule has 1 N–H and O–H groups in total. The maximum Gasteiger partial charge on any atom is 0.256 e. The van der Waals surface area contributed by atoms with Gasteiger partial charge < -0.3 is 15.0 Å². The van der Waals surface area contributed by atoms with Gasteiger partial charge in [0.2, 0.25) is 0 Å². The zero-order valence-electron chi connectivity index (χ0n) is 15.7. The number of ether oxygens (including phenoxy) is 1. The Balaban J connectivity index is 1.87. The van der Waals surface area contributed by atoms with Gasteiger partial charge in [0.15, 0.2) is 5.82 Å². The topological polar surface area (TPSA) is 67.4 Å². The van der Waals surface area contributed by atoms with Gasteiger partial charge in [-0.2, -0.15) is 0 Å². The summed E-state index contributed by atoms with van der Waals surface area (Å²) in [6.07, 6.45) is 3.61. The Kier molecular flexibility index (Phi) is 6.34. The number of carbonyl (C=O) groups excluding carboxylic acids is 1. The molecule has 0 spiro atoms. The monoisotopic (exact) mass is 372 g/mol. The first-order valence-electron chi connectivity index (χ1n) is 9.40. The molecule has 0 radical (unpaired) electrons. The highest BCUT2D eigenvalue weighted by Gasteiger charge is 2.21. The molecule has 1 aliphatic heterocycles. The standard InChI is InChI=1S/C20H25FN4O2/c1-3-25(4-2)19-17(20(26)23-12-16-6-5-11-27-16)13-22-18(24-19)14-7-9-15(21)10-8-14/h7-10,13,16H,3-6,11-12H2,1-2H3,(H,23,26)/t16-/m1/s1. The summed E-state index contributed by atoms with van der Waals surface area (Å²) in [5.41, 5.74) is 1.14. The molecule has 0 bridgehead atoms. The van der Waals surface area contributed by atoms with Crippen molar-refractivity contribution in [3.63, 3.8) is 0 Å². The lowest BCUT2D eigenvalue weighted by atomic mass is 10.2. The van der Waals surface area contributed by atoms with E-state index in [0.29, 0.717) is 42.4 Å². The number of nitrogens with one attached hydrogen (secondary N) is 1. The Hall–Kier alpha value is -2.54. The van der Waals surface area contributed by atoms with Gasteiger partial charge in [-0.3, -0.25) is 4.79 Å². The Morgan fingerprint density at radius 3 is 2.67 bits per heavy atom. The van der Waals surface area contributed by atoms with Crippen molar-refractivity contribution in [2.24, 2.45) is 0 Å². The second-order valence-corrected chi connectivity index (χ2v) is 6.46. The molecule has 1 aromatic carbocycles. The van der Waals surface area contributed by atoms with Crippen molar-refractivity contribution in [2.75, 3.05) is 31.1 Å². The molecular formula is C20H25FN4O2. The van der Waals surface area contributed by atoms with Gasteiger partial charge in [-0.05, 0) is 51.0 Å². The molecule has 144 valence electrons. The van der Waals surface area contributed by atoms with Crippen LogP contribution in [0.15, 0.2) is 30.5 Å². The Bertz CT molecular complexity index is 772. The third-order valence-electron chi connectivity index (χ3n) is 4.69. The average molecular weight is 372 g/mol. The summed E-state index contributed by atoms with van der Waals surface area (Å²) >= 11 is 0. The largest absolute Gasteiger partial charge is 0.376 e. The quantitative estimate of drug-likeness (QED) is 0.809. The van der Waals surface area contributed by atoms with Crippen LogP contribution in [-0.2, 0) is 4.74 Å². The van der Waals surface area contributed by atoms with Crippen LogP contribution in [0.1, 0.15) is 37.0 Å². The Labute approximate surface area is 158 Å². The van der Waals surface area contributed by atoms with E-state index in [-0.39, 0.29) is 17.8 Å². The van der Waals surface area contributed by atoms with Crippen LogP contribution < -0.4 is 10.2 Å². The fraction of sp³-hybridized carbons (Fsp3) is 0.450. The molecule has 3 rings (SSSR count). The predicted octanol–water partition coefficient (Wildman–Crippen LogP) is 3.04. The van der Waals surface area contributed by atoms with Crippen LogP contribution in [0.4, 0.5) is 10.2 Å². The number of hydrogen-bond donors (Lipinski definition) is 1. The zero-order chi connectivity index (χ0) is 19.2. The minimum atomic E-state index is -0.312. The highest BCUT2D eigenvalue weighted by molar-refractivity contribution is 5.98. The summed E-state index contributed by atoms with van der Waals surface area (Å²) < 4.78 is 18.7. The van der Waals surface area contributed by atoms with Crippen LogP contribution >= 0.6 is 0 Å². The summed E-state index contributed by atoms with van der Waals surface area (Å²) in [5, 5.41) is 2.93. The Morgan fingerprint density at radius 1 is 1.30 bits per heavy atom. The number of rotatable bonds is 7. The second kappa shape index (κ2) is 8.90. The fourth-order valence-electron chi connectivity index (χ4n) is 3.14. The number of nitrogens with zero attached hydrogens (tertiary/aromatic N) is 3. The fourth-order valence-corrected chi connectivity index (χ4v) is 3.14. The van der Waals surface area contributed by atoms with Gasteiger partial charge in [0, 0.05) is 38.0 Å². The van der Waals surface area contributed by atoms with Crippen molar-refractivity contribution in [3.05, 3.63) is 41.8 Å². The van der Waals surface area contributed by atoms with Crippen LogP contribution in [0.5, 0.6) is 0 Å². The first-order chi connectivity index (χ1) is 13.1. The zero-order valence-corrected chi connectivity index (χ0v) is 15.7. The lowest BCUT2D eigenvalue weighted by molar-refractivity contribution is 0.0857. The van der Waals surface area contributed by atoms with Gasteiger partial charge in [0.1, 0.15) is 17.2 Å². The first kappa shape index (κ1) is 19.2. The molecular weight excluding hydrogens is 347 g/mol. The SMILES string of the molecule is CCN(CC)c1nc(-c2ccc(F)cc2)ncc1C(=O)NC[C@H]1CCCO1. The van der Waals surface area contributed by atoms with Crippen molar-refractivity contribution >= 4 is 11.7 Å². The minimum absolute atomic E-state index is 0.0743. The number of anilines is 1. The van der Waals surface area contributed by atoms with Gasteiger partial charge in [-0.1, -0.05) is 0 Å². The van der Waals surface area contributed by atoms with E-state index >= 15 is 0 Å². The molecule has 1 saturated heterocycles. The smallest absolute Gasteiger partial charge is 0.256 e. The molecule has 1 aromatic heterocycles. The van der Waals surface area contributed by atoms with Gasteiger partial charge in [-0.25, -0.2) is 14.4 Å². The van der Waals surface area contributed by atoms with E-state index in [2.05, 4.69) is 15.3 Å². The van der Waals surface area contributed by atoms with Crippen LogP contribution in [0.3, 0.4) is 0 Å². The van der Waals surface area contributed by atoms with Crippen LogP contribution in [0.25, 0.3) is 11.4 Å². The number of carbonyl (C=O) groups is 1. The maximum atomic E-state index is 13.2. The molecule has 7 heteroatoms. The number of aromatic nitrogens is 2. The molecule has 6 nitrogen and oxygen atoms in total. The predicted molar refractivity (Wildman–Crippen MR) is 102 cm³/mol. The lowest BCUT2D eigenvalue weighted by Crippen LogP contribution is -2.34. The number of benzene rings is 1. The van der Waals surface area contributed by atoms with E-state index in [1.54, 1.807) is 18.3 Å². The van der Waals surface area contributed by atoms with E-state index < -0.39 is 0 Å². The summed E-state index contributed by atoms with van der Waals surface area (Å²) in [4.78, 5) is 23.7. The maximum absolute atomic E-state index is 13.2. The number of hydrogen-bond acceptors (Lipinski definition) is 5. The molecule has 0 aliphatic carbocycles. The number of amides is 1. The van der Waals surface area contributed by atoms with Gasteiger partial charge in [-0.15, -0.1) is 0 Å². The van der Waals surface area contributed by atoms with Crippen molar-refractivity contribution < 1.29 is 13.9 Å². The Morgan fingerprint density at radius 2 is 2.04 bits per heavy atom. The molecule has 1 fully saturated rings. The van der Waals surface area contributed by atoms with E-state index in [1.165, 1.54) is 12.1 Å². The van der Waals surface area contributed by atoms with Crippen LogP contribution in [0.2, 0.25) is 0 Å². The minimum Gasteiger partial charge on any atom is -0.376 e. The molecule has 27 heavy (non-hydrogen) atoms. The summed E-state index contributed by atoms with van der Waals surface area (Å²) in [6, 6.07) is 6.01. The van der Waals surface area contributed by atoms with Crippen LogP contribution in [0, 0.1) is 5.82 Å². The molecule has 0 saturated carbocycles. The number of halogens is 1. The average Bonchev–Trinajstić information content (AvgIpc) is 3.21. The van der Waals surface area contributed by atoms with E-state index in [9.17, 15) is 9.18 Å². The van der Waals surface area contributed by atoms with Crippen molar-refractivity contribution in [1.82, 2.24) is 15.3 Å². The van der Waals surface area contributed by atoms with Crippen LogP contribution in [-0.4, -0.2) is 48.2 Å². The van der Waals surface area contributed by atoms with Crippen molar-refractivity contribution in [2.45, 2.75) is 32.8 Å². The summed E-state index contributed by atoms with van der Waals surface area (Å²) in [5.74, 6) is 0.526. The molecule has 2 heterocycles. The highest BCUT2D eigenvalue weighted by Crippen LogP contribution is 2.23. The molecule has 2 aromatic rings.